The minimum Gasteiger partial charge on any atom is -0.445 e. The SMILES string of the molecule is CCCCC(NC(=O)C(CCCCNC(=O)OCc1ccccc1)NC(=O)OCc1ccccc1)P(=O)(O)OC(C)C(=O)OC(=O)[C@@H]1CCCN1. The molecule has 2 aromatic carbocycles. The Labute approximate surface area is 298 Å². The van der Waals surface area contributed by atoms with E-state index in [1.165, 1.54) is 6.92 Å². The van der Waals surface area contributed by atoms with E-state index in [9.17, 15) is 33.4 Å². The summed E-state index contributed by atoms with van der Waals surface area (Å²) in [7, 11) is -4.73. The number of rotatable bonds is 20. The van der Waals surface area contributed by atoms with Gasteiger partial charge in [-0.15, -0.1) is 0 Å². The molecule has 1 saturated heterocycles. The van der Waals surface area contributed by atoms with Crippen molar-refractivity contribution >= 4 is 37.6 Å². The van der Waals surface area contributed by atoms with E-state index in [1.54, 1.807) is 24.3 Å². The zero-order chi connectivity index (χ0) is 37.1. The summed E-state index contributed by atoms with van der Waals surface area (Å²) in [6.07, 6.45) is 0.0702. The van der Waals surface area contributed by atoms with E-state index < -0.39 is 61.6 Å². The van der Waals surface area contributed by atoms with Gasteiger partial charge < -0.3 is 40.4 Å². The van der Waals surface area contributed by atoms with Gasteiger partial charge in [0.1, 0.15) is 31.1 Å². The molecule has 4 unspecified atom stereocenters. The van der Waals surface area contributed by atoms with Crippen molar-refractivity contribution in [3.8, 4) is 0 Å². The minimum absolute atomic E-state index is 0.0168. The highest BCUT2D eigenvalue weighted by atomic mass is 31.2. The third-order valence-corrected chi connectivity index (χ3v) is 9.74. The molecule has 51 heavy (non-hydrogen) atoms. The third-order valence-electron chi connectivity index (χ3n) is 7.94. The molecule has 1 aliphatic rings. The van der Waals surface area contributed by atoms with Crippen molar-refractivity contribution in [2.45, 2.75) is 102 Å². The predicted molar refractivity (Wildman–Crippen MR) is 186 cm³/mol. The van der Waals surface area contributed by atoms with Gasteiger partial charge in [0.15, 0.2) is 6.10 Å². The van der Waals surface area contributed by atoms with Crippen molar-refractivity contribution in [3.05, 3.63) is 71.8 Å². The molecule has 1 heterocycles. The maximum atomic E-state index is 13.6. The Morgan fingerprint density at radius 3 is 2.10 bits per heavy atom. The topological polar surface area (TPSA) is 208 Å². The van der Waals surface area contributed by atoms with Crippen LogP contribution in [0.3, 0.4) is 0 Å². The number of hydrogen-bond donors (Lipinski definition) is 5. The zero-order valence-electron chi connectivity index (χ0n) is 29.0. The van der Waals surface area contributed by atoms with E-state index in [1.807, 2.05) is 43.3 Å². The summed E-state index contributed by atoms with van der Waals surface area (Å²) in [4.78, 5) is 74.2. The van der Waals surface area contributed by atoms with Gasteiger partial charge in [0, 0.05) is 6.54 Å². The van der Waals surface area contributed by atoms with Crippen LogP contribution in [0.1, 0.15) is 76.3 Å². The smallest absolute Gasteiger partial charge is 0.408 e. The summed E-state index contributed by atoms with van der Waals surface area (Å²) in [5.74, 6) is -4.16. The lowest BCUT2D eigenvalue weighted by Crippen LogP contribution is -2.50. The number of benzene rings is 2. The monoisotopic (exact) mass is 732 g/mol. The van der Waals surface area contributed by atoms with E-state index in [-0.39, 0.29) is 32.6 Å². The summed E-state index contributed by atoms with van der Waals surface area (Å²) >= 11 is 0. The number of esters is 2. The first-order valence-electron chi connectivity index (χ1n) is 17.2. The molecule has 0 radical (unpaired) electrons. The largest absolute Gasteiger partial charge is 0.445 e. The lowest BCUT2D eigenvalue weighted by molar-refractivity contribution is -0.165. The molecular formula is C35H49N4O11P. The molecule has 280 valence electrons. The molecule has 5 N–H and O–H groups in total. The fourth-order valence-corrected chi connectivity index (χ4v) is 6.56. The molecule has 1 aliphatic heterocycles. The normalized spacial score (nSPS) is 16.8. The number of alkyl carbamates (subject to hydrolysis) is 2. The molecule has 0 saturated carbocycles. The van der Waals surface area contributed by atoms with Crippen molar-refractivity contribution in [1.82, 2.24) is 21.3 Å². The Kier molecular flexibility index (Phi) is 17.6. The van der Waals surface area contributed by atoms with Crippen LogP contribution in [0.15, 0.2) is 60.7 Å². The maximum absolute atomic E-state index is 13.6. The van der Waals surface area contributed by atoms with Crippen LogP contribution in [0, 0.1) is 0 Å². The van der Waals surface area contributed by atoms with Gasteiger partial charge in [-0.1, -0.05) is 80.4 Å². The Hall–Kier alpha value is -4.30. The highest BCUT2D eigenvalue weighted by Crippen LogP contribution is 2.49. The van der Waals surface area contributed by atoms with Crippen LogP contribution in [-0.4, -0.2) is 72.0 Å². The first kappa shape index (κ1) is 41.1. The molecule has 1 fully saturated rings. The summed E-state index contributed by atoms with van der Waals surface area (Å²) in [6, 6.07) is 16.3. The maximum Gasteiger partial charge on any atom is 0.408 e. The summed E-state index contributed by atoms with van der Waals surface area (Å²) < 4.78 is 34.1. The van der Waals surface area contributed by atoms with Crippen LogP contribution in [0.4, 0.5) is 9.59 Å². The van der Waals surface area contributed by atoms with Gasteiger partial charge >= 0.3 is 31.7 Å². The van der Waals surface area contributed by atoms with Gasteiger partial charge in [-0.25, -0.2) is 19.2 Å². The minimum atomic E-state index is -4.73. The quantitative estimate of drug-likeness (QED) is 0.0422. The van der Waals surface area contributed by atoms with E-state index in [0.29, 0.717) is 38.6 Å². The van der Waals surface area contributed by atoms with E-state index in [2.05, 4.69) is 21.3 Å². The van der Waals surface area contributed by atoms with Crippen molar-refractivity contribution in [2.75, 3.05) is 13.1 Å². The number of carbonyl (C=O) groups excluding carboxylic acids is 5. The lowest BCUT2D eigenvalue weighted by atomic mass is 10.1. The Balaban J connectivity index is 1.60. The highest BCUT2D eigenvalue weighted by Gasteiger charge is 2.39. The molecule has 2 aromatic rings. The van der Waals surface area contributed by atoms with Crippen LogP contribution in [0.25, 0.3) is 0 Å². The summed E-state index contributed by atoms with van der Waals surface area (Å²) in [6.45, 7) is 3.92. The number of amides is 3. The van der Waals surface area contributed by atoms with Crippen molar-refractivity contribution in [1.29, 1.82) is 0 Å². The van der Waals surface area contributed by atoms with Crippen molar-refractivity contribution in [3.63, 3.8) is 0 Å². The fraction of sp³-hybridized carbons (Fsp3) is 0.514. The molecular weight excluding hydrogens is 683 g/mol. The predicted octanol–water partition coefficient (Wildman–Crippen LogP) is 4.42. The number of nitrogens with one attached hydrogen (secondary N) is 4. The molecule has 3 amide bonds. The Bertz CT molecular complexity index is 1460. The summed E-state index contributed by atoms with van der Waals surface area (Å²) in [5.41, 5.74) is 1.56. The second-order valence-electron chi connectivity index (χ2n) is 12.1. The van der Waals surface area contributed by atoms with Crippen LogP contribution >= 0.6 is 7.60 Å². The third kappa shape index (κ3) is 15.2. The second kappa shape index (κ2) is 21.8. The van der Waals surface area contributed by atoms with Gasteiger partial charge in [-0.3, -0.25) is 13.9 Å². The molecule has 16 heteroatoms. The second-order valence-corrected chi connectivity index (χ2v) is 14.1. The lowest BCUT2D eigenvalue weighted by Gasteiger charge is -2.27. The van der Waals surface area contributed by atoms with Gasteiger partial charge in [0.05, 0.1) is 0 Å². The summed E-state index contributed by atoms with van der Waals surface area (Å²) in [5, 5.41) is 10.6. The Morgan fingerprint density at radius 2 is 1.51 bits per heavy atom. The number of ether oxygens (including phenoxy) is 3. The Morgan fingerprint density at radius 1 is 0.882 bits per heavy atom. The van der Waals surface area contributed by atoms with E-state index in [0.717, 1.165) is 17.5 Å². The van der Waals surface area contributed by atoms with Crippen LogP contribution in [0.5, 0.6) is 0 Å². The standard InChI is InChI=1S/C35H49N4O11P/c1-3-4-20-30(51(45,46)50-25(2)32(41)49-33(42)29-19-13-22-36-29)39-31(40)28(38-35(44)48-24-27-16-9-6-10-17-27)18-11-12-21-37-34(43)47-23-26-14-7-5-8-15-26/h5-10,14-17,25,28-30,36H,3-4,11-13,18-24H2,1-2H3,(H,37,43)(H,38,44)(H,39,40)(H,45,46)/t25?,28?,29-,30?/m0/s1. The average Bonchev–Trinajstić information content (AvgIpc) is 3.67. The molecule has 0 aliphatic carbocycles. The van der Waals surface area contributed by atoms with Crippen LogP contribution in [-0.2, 0) is 50.9 Å². The van der Waals surface area contributed by atoms with Gasteiger partial charge in [0.25, 0.3) is 0 Å². The molecule has 3 rings (SSSR count). The zero-order valence-corrected chi connectivity index (χ0v) is 29.9. The van der Waals surface area contributed by atoms with Crippen molar-refractivity contribution in [2.24, 2.45) is 0 Å². The van der Waals surface area contributed by atoms with Gasteiger partial charge in [0.2, 0.25) is 5.91 Å². The number of unbranched alkanes of at least 4 members (excludes halogenated alkanes) is 2. The van der Waals surface area contributed by atoms with Gasteiger partial charge in [-0.05, 0) is 63.1 Å². The molecule has 0 spiro atoms. The number of carbonyl (C=O) groups is 5. The molecule has 5 atom stereocenters. The molecule has 0 aromatic heterocycles. The van der Waals surface area contributed by atoms with Crippen LogP contribution in [0.2, 0.25) is 0 Å². The van der Waals surface area contributed by atoms with Crippen molar-refractivity contribution < 1.29 is 52.2 Å². The fourth-order valence-electron chi connectivity index (χ4n) is 5.08. The van der Waals surface area contributed by atoms with E-state index in [4.69, 9.17) is 18.7 Å². The van der Waals surface area contributed by atoms with E-state index >= 15 is 0 Å². The van der Waals surface area contributed by atoms with Gasteiger partial charge in [-0.2, -0.15) is 0 Å². The average molecular weight is 733 g/mol. The molecule has 0 bridgehead atoms. The first-order chi connectivity index (χ1) is 24.5. The first-order valence-corrected chi connectivity index (χ1v) is 18.8. The number of hydrogen-bond acceptors (Lipinski definition) is 11. The molecule has 15 nitrogen and oxygen atoms in total. The van der Waals surface area contributed by atoms with Crippen LogP contribution < -0.4 is 21.3 Å². The highest BCUT2D eigenvalue weighted by molar-refractivity contribution is 7.53.